The van der Waals surface area contributed by atoms with Crippen molar-refractivity contribution in [2.24, 2.45) is 0 Å². The number of rotatable bonds is 2. The first-order chi connectivity index (χ1) is 8.74. The van der Waals surface area contributed by atoms with Crippen LogP contribution in [0.5, 0.6) is 0 Å². The highest BCUT2D eigenvalue weighted by molar-refractivity contribution is 5.52. The average Bonchev–Trinajstić information content (AvgIpc) is 2.82. The van der Waals surface area contributed by atoms with Gasteiger partial charge in [0.15, 0.2) is 0 Å². The van der Waals surface area contributed by atoms with Crippen LogP contribution in [0.4, 0.5) is 10.1 Å². The lowest BCUT2D eigenvalue weighted by atomic mass is 9.93. The molecule has 1 heterocycles. The van der Waals surface area contributed by atoms with Gasteiger partial charge >= 0.3 is 0 Å². The second kappa shape index (κ2) is 4.48. The maximum Gasteiger partial charge on any atom is 0.123 e. The smallest absolute Gasteiger partial charge is 0.123 e. The molecule has 0 fully saturated rings. The van der Waals surface area contributed by atoms with Crippen LogP contribution < -0.4 is 5.32 Å². The predicted octanol–water partition coefficient (Wildman–Crippen LogP) is 4.22. The molecule has 0 saturated heterocycles. The van der Waals surface area contributed by atoms with Crippen LogP contribution >= 0.6 is 0 Å². The Morgan fingerprint density at radius 3 is 3.06 bits per heavy atom. The Kier molecular flexibility index (Phi) is 2.82. The zero-order chi connectivity index (χ0) is 12.5. The van der Waals surface area contributed by atoms with E-state index < -0.39 is 0 Å². The third-order valence-electron chi connectivity index (χ3n) is 3.57. The van der Waals surface area contributed by atoms with Crippen molar-refractivity contribution in [3.8, 4) is 0 Å². The normalized spacial score (nSPS) is 18.4. The number of halogens is 1. The molecule has 1 aromatic carbocycles. The molecule has 1 aromatic heterocycles. The van der Waals surface area contributed by atoms with Gasteiger partial charge in [-0.1, -0.05) is 0 Å². The number of hydrogen-bond donors (Lipinski definition) is 1. The summed E-state index contributed by atoms with van der Waals surface area (Å²) in [6.07, 6.45) is 4.98. The van der Waals surface area contributed by atoms with E-state index in [1.54, 1.807) is 18.4 Å². The van der Waals surface area contributed by atoms with Crippen molar-refractivity contribution < 1.29 is 8.81 Å². The predicted molar refractivity (Wildman–Crippen MR) is 69.1 cm³/mol. The van der Waals surface area contributed by atoms with Gasteiger partial charge in [0.2, 0.25) is 0 Å². The highest BCUT2D eigenvalue weighted by Crippen LogP contribution is 2.33. The number of aryl methyl sites for hydroxylation is 2. The van der Waals surface area contributed by atoms with Gasteiger partial charge in [-0.2, -0.15) is 0 Å². The molecule has 1 aliphatic rings. The maximum absolute atomic E-state index is 13.1. The van der Waals surface area contributed by atoms with E-state index in [9.17, 15) is 4.39 Å². The number of nitrogens with one attached hydrogen (secondary N) is 1. The van der Waals surface area contributed by atoms with Crippen LogP contribution in [0.1, 0.15) is 35.8 Å². The molecule has 1 N–H and O–H groups in total. The van der Waals surface area contributed by atoms with E-state index in [0.717, 1.165) is 36.3 Å². The fourth-order valence-electron chi connectivity index (χ4n) is 2.61. The van der Waals surface area contributed by atoms with Gasteiger partial charge in [0.05, 0.1) is 12.3 Å². The van der Waals surface area contributed by atoms with Crippen molar-refractivity contribution in [2.45, 2.75) is 32.2 Å². The summed E-state index contributed by atoms with van der Waals surface area (Å²) in [5, 5.41) is 3.49. The molecule has 0 saturated carbocycles. The topological polar surface area (TPSA) is 25.2 Å². The third kappa shape index (κ3) is 2.01. The van der Waals surface area contributed by atoms with Crippen LogP contribution in [-0.2, 0) is 6.42 Å². The number of hydrogen-bond acceptors (Lipinski definition) is 2. The second-order valence-corrected chi connectivity index (χ2v) is 4.85. The molecule has 0 spiro atoms. The monoisotopic (exact) mass is 245 g/mol. The van der Waals surface area contributed by atoms with Gasteiger partial charge in [-0.05, 0) is 49.6 Å². The molecule has 3 heteroatoms. The Labute approximate surface area is 106 Å². The van der Waals surface area contributed by atoms with Crippen molar-refractivity contribution in [3.05, 3.63) is 53.2 Å². The summed E-state index contributed by atoms with van der Waals surface area (Å²) in [6.45, 7) is 1.92. The number of fused-ring (bicyclic) bond motifs is 1. The van der Waals surface area contributed by atoms with Crippen molar-refractivity contribution in [3.63, 3.8) is 0 Å². The van der Waals surface area contributed by atoms with Crippen LogP contribution in [0.2, 0.25) is 0 Å². The largest absolute Gasteiger partial charge is 0.469 e. The molecule has 0 bridgehead atoms. The minimum atomic E-state index is -0.189. The SMILES string of the molecule is Cc1cc(F)ccc1NC1CCCc2occc21. The minimum absolute atomic E-state index is 0.189. The van der Waals surface area contributed by atoms with Gasteiger partial charge in [0.25, 0.3) is 0 Å². The van der Waals surface area contributed by atoms with E-state index in [4.69, 9.17) is 4.42 Å². The van der Waals surface area contributed by atoms with Crippen molar-refractivity contribution in [1.82, 2.24) is 0 Å². The minimum Gasteiger partial charge on any atom is -0.469 e. The highest BCUT2D eigenvalue weighted by atomic mass is 19.1. The zero-order valence-corrected chi connectivity index (χ0v) is 10.4. The molecule has 3 rings (SSSR count). The lowest BCUT2D eigenvalue weighted by molar-refractivity contribution is 0.461. The van der Waals surface area contributed by atoms with Gasteiger partial charge in [-0.25, -0.2) is 4.39 Å². The number of furan rings is 1. The number of benzene rings is 1. The Balaban J connectivity index is 1.86. The Morgan fingerprint density at radius 1 is 1.33 bits per heavy atom. The van der Waals surface area contributed by atoms with Gasteiger partial charge in [-0.15, -0.1) is 0 Å². The van der Waals surface area contributed by atoms with E-state index in [1.165, 1.54) is 11.6 Å². The summed E-state index contributed by atoms with van der Waals surface area (Å²) in [5.74, 6) is 0.893. The van der Waals surface area contributed by atoms with E-state index in [0.29, 0.717) is 0 Å². The van der Waals surface area contributed by atoms with Crippen LogP contribution in [0.25, 0.3) is 0 Å². The molecule has 2 nitrogen and oxygen atoms in total. The fraction of sp³-hybridized carbons (Fsp3) is 0.333. The summed E-state index contributed by atoms with van der Waals surface area (Å²) in [4.78, 5) is 0. The van der Waals surface area contributed by atoms with Crippen LogP contribution in [0, 0.1) is 12.7 Å². The summed E-state index contributed by atoms with van der Waals surface area (Å²) in [5.41, 5.74) is 3.17. The summed E-state index contributed by atoms with van der Waals surface area (Å²) in [7, 11) is 0. The van der Waals surface area contributed by atoms with Gasteiger partial charge in [-0.3, -0.25) is 0 Å². The molecular weight excluding hydrogens is 229 g/mol. The quantitative estimate of drug-likeness (QED) is 0.857. The van der Waals surface area contributed by atoms with E-state index in [-0.39, 0.29) is 11.9 Å². The van der Waals surface area contributed by atoms with Gasteiger partial charge in [0.1, 0.15) is 11.6 Å². The van der Waals surface area contributed by atoms with E-state index in [2.05, 4.69) is 5.32 Å². The van der Waals surface area contributed by atoms with Gasteiger partial charge in [0, 0.05) is 17.7 Å². The number of anilines is 1. The van der Waals surface area contributed by atoms with Crippen LogP contribution in [0.3, 0.4) is 0 Å². The van der Waals surface area contributed by atoms with Crippen molar-refractivity contribution in [1.29, 1.82) is 0 Å². The molecule has 0 amide bonds. The molecular formula is C15H16FNO. The lowest BCUT2D eigenvalue weighted by Crippen LogP contribution is -2.16. The lowest BCUT2D eigenvalue weighted by Gasteiger charge is -2.24. The van der Waals surface area contributed by atoms with Crippen molar-refractivity contribution in [2.75, 3.05) is 5.32 Å². The average molecular weight is 245 g/mol. The van der Waals surface area contributed by atoms with Gasteiger partial charge < -0.3 is 9.73 Å². The highest BCUT2D eigenvalue weighted by Gasteiger charge is 2.22. The zero-order valence-electron chi connectivity index (χ0n) is 10.4. The Morgan fingerprint density at radius 2 is 2.22 bits per heavy atom. The molecule has 2 aromatic rings. The molecule has 18 heavy (non-hydrogen) atoms. The Hall–Kier alpha value is -1.77. The first-order valence-corrected chi connectivity index (χ1v) is 6.33. The maximum atomic E-state index is 13.1. The molecule has 0 radical (unpaired) electrons. The Bertz CT molecular complexity index is 561. The van der Waals surface area contributed by atoms with E-state index >= 15 is 0 Å². The van der Waals surface area contributed by atoms with Crippen LogP contribution in [-0.4, -0.2) is 0 Å². The van der Waals surface area contributed by atoms with Crippen LogP contribution in [0.15, 0.2) is 34.9 Å². The molecule has 1 unspecified atom stereocenters. The molecule has 0 aliphatic heterocycles. The summed E-state index contributed by atoms with van der Waals surface area (Å²) >= 11 is 0. The molecule has 1 atom stereocenters. The summed E-state index contributed by atoms with van der Waals surface area (Å²) < 4.78 is 18.5. The fourth-order valence-corrected chi connectivity index (χ4v) is 2.61. The standard InChI is InChI=1S/C15H16FNO/c1-10-9-11(16)5-6-13(10)17-14-3-2-4-15-12(14)7-8-18-15/h5-9,14,17H,2-4H2,1H3. The summed E-state index contributed by atoms with van der Waals surface area (Å²) in [6, 6.07) is 7.16. The molecule has 1 aliphatic carbocycles. The van der Waals surface area contributed by atoms with Crippen molar-refractivity contribution >= 4 is 5.69 Å². The first-order valence-electron chi connectivity index (χ1n) is 6.33. The second-order valence-electron chi connectivity index (χ2n) is 4.85. The first kappa shape index (κ1) is 11.3. The van der Waals surface area contributed by atoms with E-state index in [1.807, 2.05) is 13.0 Å². The third-order valence-corrected chi connectivity index (χ3v) is 3.57. The molecule has 94 valence electrons.